The normalized spacial score (nSPS) is 21.1. The van der Waals surface area contributed by atoms with E-state index in [2.05, 4.69) is 47.4 Å². The van der Waals surface area contributed by atoms with Crippen LogP contribution < -0.4 is 4.74 Å². The van der Waals surface area contributed by atoms with E-state index in [1.54, 1.807) is 0 Å². The van der Waals surface area contributed by atoms with Crippen LogP contribution in [0.25, 0.3) is 0 Å². The van der Waals surface area contributed by atoms with Gasteiger partial charge in [-0.05, 0) is 54.5 Å². The van der Waals surface area contributed by atoms with Crippen molar-refractivity contribution in [2.24, 2.45) is 10.8 Å². The van der Waals surface area contributed by atoms with Gasteiger partial charge in [0.25, 0.3) is 0 Å². The van der Waals surface area contributed by atoms with Crippen LogP contribution in [-0.2, 0) is 24.1 Å². The van der Waals surface area contributed by atoms with Gasteiger partial charge < -0.3 is 14.7 Å². The number of carboxylic acid groups (broad SMARTS) is 1. The maximum atomic E-state index is 11.4. The predicted octanol–water partition coefficient (Wildman–Crippen LogP) is 3.57. The Morgan fingerprint density at radius 3 is 2.50 bits per heavy atom. The molecule has 2 aromatic carbocycles. The second-order valence-corrected chi connectivity index (χ2v) is 9.10. The van der Waals surface area contributed by atoms with Crippen molar-refractivity contribution in [1.29, 1.82) is 0 Å². The average Bonchev–Trinajstić information content (AvgIpc) is 3.35. The number of aliphatic carboxylic acids is 1. The number of ether oxygens (including phenoxy) is 1. The molecule has 1 spiro atoms. The van der Waals surface area contributed by atoms with Crippen LogP contribution in [0.15, 0.2) is 48.5 Å². The third-order valence-electron chi connectivity index (χ3n) is 6.76. The minimum atomic E-state index is -0.611. The lowest BCUT2D eigenvalue weighted by atomic mass is 9.76. The van der Waals surface area contributed by atoms with E-state index < -0.39 is 11.4 Å². The number of rotatable bonds is 7. The summed E-state index contributed by atoms with van der Waals surface area (Å²) in [4.78, 5) is 13.8. The minimum Gasteiger partial charge on any atom is -0.493 e. The van der Waals surface area contributed by atoms with Crippen LogP contribution in [0, 0.1) is 10.8 Å². The average molecular weight is 377 g/mol. The number of carboxylic acids is 1. The van der Waals surface area contributed by atoms with Crippen LogP contribution in [0.1, 0.15) is 29.5 Å². The Morgan fingerprint density at radius 2 is 1.79 bits per heavy atom. The quantitative estimate of drug-likeness (QED) is 0.801. The molecule has 146 valence electrons. The lowest BCUT2D eigenvalue weighted by Crippen LogP contribution is -2.58. The molecule has 4 heteroatoms. The van der Waals surface area contributed by atoms with Crippen molar-refractivity contribution in [3.63, 3.8) is 0 Å². The molecule has 0 amide bonds. The van der Waals surface area contributed by atoms with E-state index in [-0.39, 0.29) is 0 Å². The largest absolute Gasteiger partial charge is 0.493 e. The highest BCUT2D eigenvalue weighted by molar-refractivity contribution is 5.78. The van der Waals surface area contributed by atoms with Crippen LogP contribution in [0.5, 0.6) is 5.75 Å². The smallest absolute Gasteiger partial charge is 0.310 e. The van der Waals surface area contributed by atoms with Crippen LogP contribution >= 0.6 is 0 Å². The monoisotopic (exact) mass is 377 g/mol. The summed E-state index contributed by atoms with van der Waals surface area (Å²) in [6, 6.07) is 17.0. The molecular formula is C24H27NO3. The summed E-state index contributed by atoms with van der Waals surface area (Å²) in [5.41, 5.74) is 4.03. The molecule has 5 rings (SSSR count). The highest BCUT2D eigenvalue weighted by atomic mass is 16.5. The van der Waals surface area contributed by atoms with Crippen LogP contribution in [0.3, 0.4) is 0 Å². The molecule has 1 saturated heterocycles. The summed E-state index contributed by atoms with van der Waals surface area (Å²) in [5, 5.41) is 9.40. The molecule has 2 fully saturated rings. The SMILES string of the molecule is O=C(O)C1(CN2CC3(Cc4ccc(OCCc5ccccc5)cc4C3)C2)CC1. The molecule has 0 atom stereocenters. The van der Waals surface area contributed by atoms with E-state index in [1.807, 2.05) is 6.07 Å². The molecule has 1 saturated carbocycles. The van der Waals surface area contributed by atoms with E-state index in [0.29, 0.717) is 12.0 Å². The number of hydrogen-bond donors (Lipinski definition) is 1. The van der Waals surface area contributed by atoms with E-state index in [0.717, 1.165) is 57.5 Å². The van der Waals surface area contributed by atoms with Gasteiger partial charge in [0.05, 0.1) is 12.0 Å². The zero-order valence-corrected chi connectivity index (χ0v) is 16.2. The lowest BCUT2D eigenvalue weighted by molar-refractivity contribution is -0.145. The molecule has 2 aliphatic carbocycles. The van der Waals surface area contributed by atoms with Crippen molar-refractivity contribution < 1.29 is 14.6 Å². The van der Waals surface area contributed by atoms with Gasteiger partial charge in [-0.15, -0.1) is 0 Å². The highest BCUT2D eigenvalue weighted by Gasteiger charge is 2.55. The number of carbonyl (C=O) groups is 1. The van der Waals surface area contributed by atoms with Gasteiger partial charge in [0.1, 0.15) is 5.75 Å². The lowest BCUT2D eigenvalue weighted by Gasteiger charge is -2.49. The minimum absolute atomic E-state index is 0.319. The number of fused-ring (bicyclic) bond motifs is 1. The van der Waals surface area contributed by atoms with Crippen LogP contribution in [-0.4, -0.2) is 42.2 Å². The number of likely N-dealkylation sites (tertiary alicyclic amines) is 1. The van der Waals surface area contributed by atoms with E-state index in [9.17, 15) is 9.90 Å². The fourth-order valence-corrected chi connectivity index (χ4v) is 5.09. The van der Waals surface area contributed by atoms with Gasteiger partial charge in [0, 0.05) is 31.5 Å². The topological polar surface area (TPSA) is 49.8 Å². The molecule has 28 heavy (non-hydrogen) atoms. The first kappa shape index (κ1) is 17.7. The van der Waals surface area contributed by atoms with Crippen LogP contribution in [0.2, 0.25) is 0 Å². The fraction of sp³-hybridized carbons (Fsp3) is 0.458. The molecule has 3 aliphatic rings. The Kier molecular flexibility index (Phi) is 4.20. The molecule has 4 nitrogen and oxygen atoms in total. The molecule has 1 N–H and O–H groups in total. The Bertz CT molecular complexity index is 882. The van der Waals surface area contributed by atoms with Gasteiger partial charge >= 0.3 is 5.97 Å². The van der Waals surface area contributed by atoms with Gasteiger partial charge in [-0.2, -0.15) is 0 Å². The first-order valence-electron chi connectivity index (χ1n) is 10.3. The second-order valence-electron chi connectivity index (χ2n) is 9.10. The maximum absolute atomic E-state index is 11.4. The summed E-state index contributed by atoms with van der Waals surface area (Å²) in [7, 11) is 0. The van der Waals surface area contributed by atoms with Crippen molar-refractivity contribution in [2.75, 3.05) is 26.2 Å². The van der Waals surface area contributed by atoms with Crippen LogP contribution in [0.4, 0.5) is 0 Å². The van der Waals surface area contributed by atoms with Gasteiger partial charge in [-0.25, -0.2) is 0 Å². The summed E-state index contributed by atoms with van der Waals surface area (Å²) in [6.07, 6.45) is 4.81. The molecule has 0 unspecified atom stereocenters. The molecule has 2 aromatic rings. The highest BCUT2D eigenvalue weighted by Crippen LogP contribution is 2.51. The van der Waals surface area contributed by atoms with E-state index in [4.69, 9.17) is 4.74 Å². The molecule has 0 bridgehead atoms. The molecule has 1 aliphatic heterocycles. The summed E-state index contributed by atoms with van der Waals surface area (Å²) >= 11 is 0. The summed E-state index contributed by atoms with van der Waals surface area (Å²) in [5.74, 6) is 0.353. The third kappa shape index (κ3) is 3.30. The first-order chi connectivity index (χ1) is 13.6. The van der Waals surface area contributed by atoms with Crippen molar-refractivity contribution in [3.05, 3.63) is 65.2 Å². The van der Waals surface area contributed by atoms with Gasteiger partial charge in [-0.3, -0.25) is 4.79 Å². The Balaban J connectivity index is 1.15. The fourth-order valence-electron chi connectivity index (χ4n) is 5.09. The van der Waals surface area contributed by atoms with E-state index >= 15 is 0 Å². The number of nitrogens with zero attached hydrogens (tertiary/aromatic N) is 1. The number of benzene rings is 2. The van der Waals surface area contributed by atoms with Gasteiger partial charge in [-0.1, -0.05) is 36.4 Å². The molecular weight excluding hydrogens is 350 g/mol. The third-order valence-corrected chi connectivity index (χ3v) is 6.76. The Morgan fingerprint density at radius 1 is 1.04 bits per heavy atom. The number of hydrogen-bond acceptors (Lipinski definition) is 3. The van der Waals surface area contributed by atoms with Gasteiger partial charge in [0.2, 0.25) is 0 Å². The molecule has 1 heterocycles. The maximum Gasteiger partial charge on any atom is 0.310 e. The summed E-state index contributed by atoms with van der Waals surface area (Å²) in [6.45, 7) is 3.48. The van der Waals surface area contributed by atoms with Crippen molar-refractivity contribution >= 4 is 5.97 Å². The molecule has 0 radical (unpaired) electrons. The summed E-state index contributed by atoms with van der Waals surface area (Å²) < 4.78 is 6.00. The van der Waals surface area contributed by atoms with E-state index in [1.165, 1.54) is 16.7 Å². The standard InChI is InChI=1S/C24H27NO3/c26-22(27)24(9-10-24)17-25-15-23(16-25)13-19-6-7-21(12-20(19)14-23)28-11-8-18-4-2-1-3-5-18/h1-7,12H,8-11,13-17H2,(H,26,27). The molecule has 0 aromatic heterocycles. The van der Waals surface area contributed by atoms with Crippen molar-refractivity contribution in [1.82, 2.24) is 4.90 Å². The Hall–Kier alpha value is -2.33. The Labute approximate surface area is 166 Å². The van der Waals surface area contributed by atoms with Crippen molar-refractivity contribution in [3.8, 4) is 5.75 Å². The van der Waals surface area contributed by atoms with Crippen molar-refractivity contribution in [2.45, 2.75) is 32.1 Å². The zero-order valence-electron chi connectivity index (χ0n) is 16.2. The predicted molar refractivity (Wildman–Crippen MR) is 108 cm³/mol. The first-order valence-corrected chi connectivity index (χ1v) is 10.3. The van der Waals surface area contributed by atoms with Gasteiger partial charge in [0.15, 0.2) is 0 Å². The zero-order chi connectivity index (χ0) is 19.2. The second kappa shape index (κ2) is 6.63.